The van der Waals surface area contributed by atoms with Crippen LogP contribution >= 0.6 is 0 Å². The van der Waals surface area contributed by atoms with Gasteiger partial charge in [-0.05, 0) is 43.3 Å². The van der Waals surface area contributed by atoms with E-state index in [1.54, 1.807) is 19.1 Å². The van der Waals surface area contributed by atoms with Crippen LogP contribution in [0.5, 0.6) is 17.2 Å². The first-order valence-corrected chi connectivity index (χ1v) is 9.53. The molecule has 3 aromatic carbocycles. The van der Waals surface area contributed by atoms with Gasteiger partial charge in [0.2, 0.25) is 11.2 Å². The van der Waals surface area contributed by atoms with Gasteiger partial charge in [0.1, 0.15) is 22.9 Å². The maximum atomic E-state index is 13.8. The number of esters is 1. The van der Waals surface area contributed by atoms with Crippen molar-refractivity contribution in [2.75, 3.05) is 0 Å². The predicted octanol–water partition coefficient (Wildman–Crippen LogP) is 6.27. The van der Waals surface area contributed by atoms with Crippen LogP contribution in [0.1, 0.15) is 21.7 Å². The number of benzene rings is 3. The monoisotopic (exact) mass is 458 g/mol. The number of rotatable bonds is 4. The van der Waals surface area contributed by atoms with Crippen LogP contribution in [0.2, 0.25) is 0 Å². The highest BCUT2D eigenvalue weighted by molar-refractivity contribution is 5.92. The maximum absolute atomic E-state index is 13.8. The topological polar surface area (TPSA) is 65.7 Å². The Balaban J connectivity index is 1.76. The van der Waals surface area contributed by atoms with E-state index in [-0.39, 0.29) is 22.4 Å². The highest BCUT2D eigenvalue weighted by Gasteiger charge is 2.40. The highest BCUT2D eigenvalue weighted by atomic mass is 19.4. The molecule has 4 rings (SSSR count). The smallest absolute Gasteiger partial charge is 0.449 e. The van der Waals surface area contributed by atoms with Crippen molar-refractivity contribution in [3.63, 3.8) is 0 Å². The van der Waals surface area contributed by atoms with Gasteiger partial charge < -0.3 is 13.9 Å². The predicted molar refractivity (Wildman–Crippen MR) is 110 cm³/mol. The summed E-state index contributed by atoms with van der Waals surface area (Å²) < 4.78 is 70.0. The molecular formula is C24H14F4O5. The minimum atomic E-state index is -5.05. The van der Waals surface area contributed by atoms with Gasteiger partial charge in [-0.25, -0.2) is 9.18 Å². The second kappa shape index (κ2) is 8.42. The molecular weight excluding hydrogens is 444 g/mol. The number of carbonyl (C=O) groups is 1. The van der Waals surface area contributed by atoms with Crippen molar-refractivity contribution >= 4 is 16.9 Å². The van der Waals surface area contributed by atoms with Gasteiger partial charge in [-0.15, -0.1) is 0 Å². The quantitative estimate of drug-likeness (QED) is 0.205. The Morgan fingerprint density at radius 1 is 0.939 bits per heavy atom. The lowest BCUT2D eigenvalue weighted by Gasteiger charge is -2.13. The molecule has 0 aliphatic heterocycles. The molecule has 33 heavy (non-hydrogen) atoms. The normalized spacial score (nSPS) is 11.4. The molecule has 5 nitrogen and oxygen atoms in total. The number of aryl methyl sites for hydroxylation is 1. The van der Waals surface area contributed by atoms with Gasteiger partial charge in [-0.2, -0.15) is 13.2 Å². The van der Waals surface area contributed by atoms with Crippen LogP contribution in [0.25, 0.3) is 11.0 Å². The molecule has 168 valence electrons. The van der Waals surface area contributed by atoms with Crippen molar-refractivity contribution in [3.05, 3.63) is 99.7 Å². The first kappa shape index (κ1) is 22.1. The van der Waals surface area contributed by atoms with Crippen molar-refractivity contribution < 1.29 is 36.2 Å². The summed E-state index contributed by atoms with van der Waals surface area (Å²) in [5.41, 5.74) is -1.06. The van der Waals surface area contributed by atoms with Gasteiger partial charge in [0.25, 0.3) is 5.76 Å². The fraction of sp³-hybridized carbons (Fsp3) is 0.0833. The van der Waals surface area contributed by atoms with Gasteiger partial charge in [0, 0.05) is 6.07 Å². The van der Waals surface area contributed by atoms with Crippen LogP contribution < -0.4 is 14.9 Å². The molecule has 0 aliphatic rings. The van der Waals surface area contributed by atoms with Crippen molar-refractivity contribution in [1.82, 2.24) is 0 Å². The standard InChI is InChI=1S/C24H14F4O5/c1-13-6-8-14(9-7-13)31-21-20(29)17-11-10-15(12-19(17)33-22(21)24(26,27)28)32-23(30)16-4-2-3-5-18(16)25/h2-12H,1H3. The molecule has 4 aromatic rings. The van der Waals surface area contributed by atoms with E-state index in [0.717, 1.165) is 23.8 Å². The Bertz CT molecular complexity index is 1410. The second-order valence-electron chi connectivity index (χ2n) is 7.03. The zero-order chi connectivity index (χ0) is 23.8. The third kappa shape index (κ3) is 4.57. The van der Waals surface area contributed by atoms with Crippen molar-refractivity contribution in [3.8, 4) is 17.2 Å². The number of halogens is 4. The Morgan fingerprint density at radius 3 is 2.27 bits per heavy atom. The minimum Gasteiger partial charge on any atom is -0.449 e. The summed E-state index contributed by atoms with van der Waals surface area (Å²) in [5.74, 6) is -4.77. The second-order valence-corrected chi connectivity index (χ2v) is 7.03. The van der Waals surface area contributed by atoms with Gasteiger partial charge in [-0.3, -0.25) is 4.79 Å². The summed E-state index contributed by atoms with van der Waals surface area (Å²) in [6.45, 7) is 1.78. The van der Waals surface area contributed by atoms with E-state index in [4.69, 9.17) is 13.9 Å². The Morgan fingerprint density at radius 2 is 1.61 bits per heavy atom. The van der Waals surface area contributed by atoms with Gasteiger partial charge in [0.15, 0.2) is 0 Å². The van der Waals surface area contributed by atoms with Crippen LogP contribution in [-0.2, 0) is 6.18 Å². The molecule has 0 bridgehead atoms. The summed E-state index contributed by atoms with van der Waals surface area (Å²) >= 11 is 0. The molecule has 0 amide bonds. The maximum Gasteiger partial charge on any atom is 0.453 e. The fourth-order valence-corrected chi connectivity index (χ4v) is 3.01. The zero-order valence-corrected chi connectivity index (χ0v) is 16.9. The molecule has 1 aromatic heterocycles. The molecule has 0 radical (unpaired) electrons. The summed E-state index contributed by atoms with van der Waals surface area (Å²) in [7, 11) is 0. The third-order valence-electron chi connectivity index (χ3n) is 4.62. The van der Waals surface area contributed by atoms with E-state index in [9.17, 15) is 27.2 Å². The molecule has 0 aliphatic carbocycles. The first-order valence-electron chi connectivity index (χ1n) is 9.53. The van der Waals surface area contributed by atoms with Crippen LogP contribution in [0.15, 0.2) is 75.9 Å². The van der Waals surface area contributed by atoms with Gasteiger partial charge in [-0.1, -0.05) is 29.8 Å². The first-order chi connectivity index (χ1) is 15.6. The van der Waals surface area contributed by atoms with E-state index in [2.05, 4.69) is 0 Å². The van der Waals surface area contributed by atoms with E-state index < -0.39 is 40.5 Å². The fourth-order valence-electron chi connectivity index (χ4n) is 3.01. The summed E-state index contributed by atoms with van der Waals surface area (Å²) in [6, 6.07) is 14.4. The Hall–Kier alpha value is -4.14. The summed E-state index contributed by atoms with van der Waals surface area (Å²) in [5, 5.41) is -0.226. The number of fused-ring (bicyclic) bond motifs is 1. The molecule has 9 heteroatoms. The average Bonchev–Trinajstić information content (AvgIpc) is 2.76. The summed E-state index contributed by atoms with van der Waals surface area (Å²) in [4.78, 5) is 25.0. The van der Waals surface area contributed by atoms with E-state index >= 15 is 0 Å². The van der Waals surface area contributed by atoms with E-state index in [1.807, 2.05) is 0 Å². The lowest BCUT2D eigenvalue weighted by molar-refractivity contribution is -0.154. The summed E-state index contributed by atoms with van der Waals surface area (Å²) in [6.07, 6.45) is -5.05. The van der Waals surface area contributed by atoms with E-state index in [1.165, 1.54) is 36.4 Å². The van der Waals surface area contributed by atoms with Crippen molar-refractivity contribution in [2.45, 2.75) is 13.1 Å². The number of hydrogen-bond acceptors (Lipinski definition) is 5. The van der Waals surface area contributed by atoms with Gasteiger partial charge >= 0.3 is 12.1 Å². The van der Waals surface area contributed by atoms with Crippen molar-refractivity contribution in [2.24, 2.45) is 0 Å². The average molecular weight is 458 g/mol. The highest BCUT2D eigenvalue weighted by Crippen LogP contribution is 2.38. The molecule has 0 spiro atoms. The number of carbonyl (C=O) groups excluding carboxylic acids is 1. The molecule has 0 unspecified atom stereocenters. The molecule has 1 heterocycles. The van der Waals surface area contributed by atoms with Crippen LogP contribution in [-0.4, -0.2) is 5.97 Å². The molecule has 0 atom stereocenters. The Labute approximate surface area is 183 Å². The zero-order valence-electron chi connectivity index (χ0n) is 16.9. The van der Waals surface area contributed by atoms with Crippen LogP contribution in [0.3, 0.4) is 0 Å². The molecule has 0 saturated heterocycles. The number of ether oxygens (including phenoxy) is 2. The number of alkyl halides is 3. The largest absolute Gasteiger partial charge is 0.453 e. The van der Waals surface area contributed by atoms with Crippen molar-refractivity contribution in [1.29, 1.82) is 0 Å². The lowest BCUT2D eigenvalue weighted by Crippen LogP contribution is -2.16. The molecule has 0 saturated carbocycles. The number of hydrogen-bond donors (Lipinski definition) is 0. The van der Waals surface area contributed by atoms with E-state index in [0.29, 0.717) is 0 Å². The van der Waals surface area contributed by atoms with Crippen LogP contribution in [0.4, 0.5) is 17.6 Å². The van der Waals surface area contributed by atoms with Crippen LogP contribution in [0, 0.1) is 12.7 Å². The molecule has 0 fully saturated rings. The minimum absolute atomic E-state index is 0.0215. The SMILES string of the molecule is Cc1ccc(Oc2c(C(F)(F)F)oc3cc(OC(=O)c4ccccc4F)ccc3c2=O)cc1. The lowest BCUT2D eigenvalue weighted by atomic mass is 10.2. The Kier molecular flexibility index (Phi) is 5.63. The van der Waals surface area contributed by atoms with Gasteiger partial charge in [0.05, 0.1) is 10.9 Å². The third-order valence-corrected chi connectivity index (χ3v) is 4.62. The molecule has 0 N–H and O–H groups in total.